The highest BCUT2D eigenvalue weighted by atomic mass is 32.1. The zero-order valence-corrected chi connectivity index (χ0v) is 17.9. The summed E-state index contributed by atoms with van der Waals surface area (Å²) in [6.45, 7) is 3.17. The first-order valence-electron chi connectivity index (χ1n) is 10.1. The molecule has 0 unspecified atom stereocenters. The number of benzene rings is 1. The lowest BCUT2D eigenvalue weighted by atomic mass is 10.2. The van der Waals surface area contributed by atoms with Gasteiger partial charge in [-0.2, -0.15) is 16.3 Å². The highest BCUT2D eigenvalue weighted by molar-refractivity contribution is 7.08. The van der Waals surface area contributed by atoms with Crippen molar-refractivity contribution in [2.75, 3.05) is 26.2 Å². The van der Waals surface area contributed by atoms with Gasteiger partial charge in [0.1, 0.15) is 5.75 Å². The average molecular weight is 466 g/mol. The Labute approximate surface area is 186 Å². The van der Waals surface area contributed by atoms with E-state index in [4.69, 9.17) is 4.52 Å². The van der Waals surface area contributed by atoms with E-state index in [1.54, 1.807) is 23.5 Å². The summed E-state index contributed by atoms with van der Waals surface area (Å²) < 4.78 is 45.9. The van der Waals surface area contributed by atoms with Gasteiger partial charge in [0.05, 0.1) is 0 Å². The van der Waals surface area contributed by atoms with Crippen molar-refractivity contribution in [1.29, 1.82) is 0 Å². The fourth-order valence-electron chi connectivity index (χ4n) is 3.45. The third-order valence-electron chi connectivity index (χ3n) is 5.09. The molecule has 0 aliphatic carbocycles. The van der Waals surface area contributed by atoms with Gasteiger partial charge in [0.15, 0.2) is 0 Å². The maximum atomic E-state index is 12.5. The Bertz CT molecular complexity index is 1010. The number of carbonyl (C=O) groups excluding carboxylic acids is 1. The quantitative estimate of drug-likeness (QED) is 0.525. The molecular weight excluding hydrogens is 445 g/mol. The minimum absolute atomic E-state index is 0.0357. The Morgan fingerprint density at radius 2 is 1.88 bits per heavy atom. The summed E-state index contributed by atoms with van der Waals surface area (Å²) in [7, 11) is 0. The molecule has 7 nitrogen and oxygen atoms in total. The van der Waals surface area contributed by atoms with Crippen molar-refractivity contribution < 1.29 is 27.2 Å². The molecule has 11 heteroatoms. The number of hydrogen-bond acceptors (Lipinski definition) is 7. The van der Waals surface area contributed by atoms with Crippen molar-refractivity contribution in [3.05, 3.63) is 52.5 Å². The van der Waals surface area contributed by atoms with Crippen LogP contribution in [0.5, 0.6) is 5.75 Å². The number of carbonyl (C=O) groups is 1. The van der Waals surface area contributed by atoms with E-state index in [2.05, 4.69) is 19.8 Å². The van der Waals surface area contributed by atoms with Crippen LogP contribution in [-0.4, -0.2) is 58.4 Å². The lowest BCUT2D eigenvalue weighted by molar-refractivity contribution is -0.274. The lowest BCUT2D eigenvalue weighted by Gasteiger charge is -2.34. The fourth-order valence-corrected chi connectivity index (χ4v) is 4.08. The minimum Gasteiger partial charge on any atom is -0.406 e. The summed E-state index contributed by atoms with van der Waals surface area (Å²) in [4.78, 5) is 20.8. The molecule has 0 atom stereocenters. The van der Waals surface area contributed by atoms with Crippen molar-refractivity contribution in [2.45, 2.75) is 25.7 Å². The van der Waals surface area contributed by atoms with Gasteiger partial charge in [-0.25, -0.2) is 0 Å². The molecule has 4 rings (SSSR count). The van der Waals surface area contributed by atoms with Gasteiger partial charge in [-0.3, -0.25) is 9.69 Å². The predicted octanol–water partition coefficient (Wildman–Crippen LogP) is 3.97. The second-order valence-electron chi connectivity index (χ2n) is 7.37. The molecule has 170 valence electrons. The summed E-state index contributed by atoms with van der Waals surface area (Å²) in [5.41, 5.74) is 1.78. The van der Waals surface area contributed by atoms with Crippen molar-refractivity contribution in [1.82, 2.24) is 19.9 Å². The Kier molecular flexibility index (Phi) is 6.75. The number of alkyl halides is 3. The molecule has 1 amide bonds. The molecule has 1 aliphatic heterocycles. The van der Waals surface area contributed by atoms with E-state index in [0.717, 1.165) is 11.1 Å². The maximum Gasteiger partial charge on any atom is 0.573 e. The van der Waals surface area contributed by atoms with Crippen LogP contribution in [0, 0.1) is 0 Å². The number of nitrogens with zero attached hydrogens (tertiary/aromatic N) is 4. The summed E-state index contributed by atoms with van der Waals surface area (Å²) in [5.74, 6) is 0.769. The van der Waals surface area contributed by atoms with E-state index >= 15 is 0 Å². The molecule has 1 aliphatic rings. The predicted molar refractivity (Wildman–Crippen MR) is 111 cm³/mol. The number of amides is 1. The number of thiophene rings is 1. The van der Waals surface area contributed by atoms with Crippen molar-refractivity contribution in [2.24, 2.45) is 0 Å². The molecule has 0 bridgehead atoms. The largest absolute Gasteiger partial charge is 0.573 e. The standard InChI is InChI=1S/C21H21F3N4O3S/c22-21(23,24)30-17-3-1-15(2-4-17)13-27-8-10-28(11-9-27)19(29)6-5-18-25-20(26-31-18)16-7-12-32-14-16/h1-4,7,12,14H,5-6,8-11,13H2. The molecule has 1 aromatic carbocycles. The molecule has 0 radical (unpaired) electrons. The maximum absolute atomic E-state index is 12.5. The Morgan fingerprint density at radius 1 is 1.12 bits per heavy atom. The minimum atomic E-state index is -4.69. The van der Waals surface area contributed by atoms with E-state index in [9.17, 15) is 18.0 Å². The van der Waals surface area contributed by atoms with Gasteiger partial charge < -0.3 is 14.2 Å². The second kappa shape index (κ2) is 9.70. The van der Waals surface area contributed by atoms with Gasteiger partial charge in [0, 0.05) is 56.5 Å². The van der Waals surface area contributed by atoms with Crippen LogP contribution in [0.25, 0.3) is 11.4 Å². The van der Waals surface area contributed by atoms with Crippen LogP contribution in [0.2, 0.25) is 0 Å². The van der Waals surface area contributed by atoms with Crippen LogP contribution in [-0.2, 0) is 17.8 Å². The number of ether oxygens (including phenoxy) is 1. The lowest BCUT2D eigenvalue weighted by Crippen LogP contribution is -2.48. The molecule has 3 heterocycles. The van der Waals surface area contributed by atoms with Crippen molar-refractivity contribution in [3.8, 4) is 17.1 Å². The molecule has 3 aromatic rings. The van der Waals surface area contributed by atoms with Gasteiger partial charge in [0.2, 0.25) is 17.6 Å². The first-order chi connectivity index (χ1) is 15.4. The van der Waals surface area contributed by atoms with Crippen LogP contribution in [0.15, 0.2) is 45.6 Å². The third kappa shape index (κ3) is 6.07. The first-order valence-corrected chi connectivity index (χ1v) is 11.0. The van der Waals surface area contributed by atoms with Crippen LogP contribution < -0.4 is 4.74 Å². The fraction of sp³-hybridized carbons (Fsp3) is 0.381. The molecule has 0 saturated carbocycles. The summed E-state index contributed by atoms with van der Waals surface area (Å²) >= 11 is 1.55. The van der Waals surface area contributed by atoms with E-state index < -0.39 is 6.36 Å². The number of rotatable bonds is 7. The van der Waals surface area contributed by atoms with Gasteiger partial charge in [-0.05, 0) is 29.1 Å². The number of halogens is 3. The highest BCUT2D eigenvalue weighted by Crippen LogP contribution is 2.23. The van der Waals surface area contributed by atoms with Gasteiger partial charge in [0.25, 0.3) is 0 Å². The molecule has 32 heavy (non-hydrogen) atoms. The highest BCUT2D eigenvalue weighted by Gasteiger charge is 2.31. The van der Waals surface area contributed by atoms with Gasteiger partial charge in [-0.15, -0.1) is 13.2 Å². The van der Waals surface area contributed by atoms with Crippen LogP contribution in [0.3, 0.4) is 0 Å². The Balaban J connectivity index is 1.20. The second-order valence-corrected chi connectivity index (χ2v) is 8.15. The monoisotopic (exact) mass is 466 g/mol. The van der Waals surface area contributed by atoms with E-state index in [-0.39, 0.29) is 11.7 Å². The summed E-state index contributed by atoms with van der Waals surface area (Å²) in [5, 5.41) is 7.82. The normalized spacial score (nSPS) is 15.2. The smallest absolute Gasteiger partial charge is 0.406 e. The average Bonchev–Trinajstić information content (AvgIpc) is 3.45. The Morgan fingerprint density at radius 3 is 2.53 bits per heavy atom. The zero-order valence-electron chi connectivity index (χ0n) is 17.0. The van der Waals surface area contributed by atoms with E-state index in [1.807, 2.05) is 21.7 Å². The van der Waals surface area contributed by atoms with Gasteiger partial charge in [-0.1, -0.05) is 17.3 Å². The zero-order chi connectivity index (χ0) is 22.6. The molecule has 0 spiro atoms. The third-order valence-corrected chi connectivity index (χ3v) is 5.77. The number of piperazine rings is 1. The molecule has 1 fully saturated rings. The summed E-state index contributed by atoms with van der Waals surface area (Å²) in [6.07, 6.45) is -4.01. The van der Waals surface area contributed by atoms with Crippen LogP contribution in [0.4, 0.5) is 13.2 Å². The Hall–Kier alpha value is -2.92. The molecule has 0 N–H and O–H groups in total. The van der Waals surface area contributed by atoms with Crippen molar-refractivity contribution in [3.63, 3.8) is 0 Å². The van der Waals surface area contributed by atoms with Crippen LogP contribution >= 0.6 is 11.3 Å². The SMILES string of the molecule is O=C(CCc1nc(-c2ccsc2)no1)N1CCN(Cc2ccc(OC(F)(F)F)cc2)CC1. The topological polar surface area (TPSA) is 71.7 Å². The number of hydrogen-bond donors (Lipinski definition) is 0. The van der Waals surface area contributed by atoms with E-state index in [1.165, 1.54) is 12.1 Å². The van der Waals surface area contributed by atoms with Gasteiger partial charge >= 0.3 is 6.36 Å². The molecule has 2 aromatic heterocycles. The molecular formula is C21H21F3N4O3S. The molecule has 1 saturated heterocycles. The van der Waals surface area contributed by atoms with Crippen LogP contribution in [0.1, 0.15) is 17.9 Å². The summed E-state index contributed by atoms with van der Waals surface area (Å²) in [6, 6.07) is 7.77. The number of aromatic nitrogens is 2. The van der Waals surface area contributed by atoms with E-state index in [0.29, 0.717) is 57.3 Å². The number of aryl methyl sites for hydroxylation is 1. The first kappa shape index (κ1) is 22.3. The van der Waals surface area contributed by atoms with Crippen molar-refractivity contribution >= 4 is 17.2 Å².